The Hall–Kier alpha value is -3.15. The highest BCUT2D eigenvalue weighted by molar-refractivity contribution is 5.99. The van der Waals surface area contributed by atoms with Crippen LogP contribution < -0.4 is 5.32 Å². The molecule has 1 aromatic carbocycles. The second kappa shape index (κ2) is 6.78. The van der Waals surface area contributed by atoms with Gasteiger partial charge in [0.25, 0.3) is 5.91 Å². The quantitative estimate of drug-likeness (QED) is 0.746. The molecule has 0 saturated heterocycles. The van der Waals surface area contributed by atoms with E-state index in [0.29, 0.717) is 12.1 Å². The zero-order chi connectivity index (χ0) is 19.1. The molecule has 2 atom stereocenters. The molecule has 2 aliphatic rings. The summed E-state index contributed by atoms with van der Waals surface area (Å²) >= 11 is 0. The van der Waals surface area contributed by atoms with Crippen LogP contribution in [0, 0.1) is 0 Å². The van der Waals surface area contributed by atoms with Gasteiger partial charge in [-0.3, -0.25) is 9.78 Å². The molecule has 0 spiro atoms. The summed E-state index contributed by atoms with van der Waals surface area (Å²) in [6.07, 6.45) is 5.30. The van der Waals surface area contributed by atoms with Crippen molar-refractivity contribution in [1.29, 1.82) is 0 Å². The Kier molecular flexibility index (Phi) is 4.11. The molecule has 1 N–H and O–H groups in total. The maximum Gasteiger partial charge on any atom is 0.259 e. The lowest BCUT2D eigenvalue weighted by atomic mass is 9.99. The van der Waals surface area contributed by atoms with E-state index < -0.39 is 0 Å². The molecule has 1 amide bonds. The first-order valence-electron chi connectivity index (χ1n) is 9.82. The van der Waals surface area contributed by atoms with Crippen molar-refractivity contribution in [3.05, 3.63) is 77.2 Å². The number of nitrogens with zero attached hydrogens (tertiary/aromatic N) is 4. The number of anilines is 1. The van der Waals surface area contributed by atoms with Crippen LogP contribution in [-0.4, -0.2) is 32.1 Å². The molecule has 6 nitrogen and oxygen atoms in total. The number of hydrogen-bond donors (Lipinski definition) is 1. The van der Waals surface area contributed by atoms with Gasteiger partial charge in [-0.05, 0) is 43.0 Å². The molecular formula is C22H23N5O. The van der Waals surface area contributed by atoms with Crippen molar-refractivity contribution in [3.63, 3.8) is 0 Å². The molecule has 142 valence electrons. The van der Waals surface area contributed by atoms with E-state index >= 15 is 0 Å². The van der Waals surface area contributed by atoms with Crippen molar-refractivity contribution in [2.75, 3.05) is 11.9 Å². The Balaban J connectivity index is 1.43. The minimum Gasteiger partial charge on any atom is -0.361 e. The van der Waals surface area contributed by atoms with Crippen LogP contribution >= 0.6 is 0 Å². The van der Waals surface area contributed by atoms with E-state index in [1.165, 1.54) is 11.1 Å². The second-order valence-electron chi connectivity index (χ2n) is 7.63. The number of benzene rings is 1. The van der Waals surface area contributed by atoms with Crippen LogP contribution in [0.3, 0.4) is 0 Å². The Bertz CT molecular complexity index is 1010. The van der Waals surface area contributed by atoms with Gasteiger partial charge < -0.3 is 10.2 Å². The molecule has 2 aromatic heterocycles. The van der Waals surface area contributed by atoms with Crippen LogP contribution in [0.2, 0.25) is 0 Å². The lowest BCUT2D eigenvalue weighted by Crippen LogP contribution is -2.36. The van der Waals surface area contributed by atoms with Gasteiger partial charge in [0.2, 0.25) is 0 Å². The van der Waals surface area contributed by atoms with Gasteiger partial charge in [-0.15, -0.1) is 0 Å². The fourth-order valence-electron chi connectivity index (χ4n) is 4.28. The number of pyridine rings is 1. The Morgan fingerprint density at radius 2 is 1.96 bits per heavy atom. The first-order valence-corrected chi connectivity index (χ1v) is 9.82. The van der Waals surface area contributed by atoms with Gasteiger partial charge in [-0.1, -0.05) is 30.3 Å². The standard InChI is InChI=1S/C22H23N5O/c1-15-12-20(19-8-4-5-10-23-19)25-21-18(13-24-27(15)21)22(28)26-11-9-16-6-2-3-7-17(16)14-26/h2-8,10,13,15,20,25H,9,11-12,14H2,1H3. The Morgan fingerprint density at radius 3 is 2.79 bits per heavy atom. The van der Waals surface area contributed by atoms with Crippen molar-refractivity contribution in [2.45, 2.75) is 38.4 Å². The van der Waals surface area contributed by atoms with E-state index in [1.807, 2.05) is 40.0 Å². The number of amides is 1. The van der Waals surface area contributed by atoms with Gasteiger partial charge in [0.05, 0.1) is 24.0 Å². The highest BCUT2D eigenvalue weighted by atomic mass is 16.2. The number of hydrogen-bond acceptors (Lipinski definition) is 4. The Morgan fingerprint density at radius 1 is 1.14 bits per heavy atom. The predicted octanol–water partition coefficient (Wildman–Crippen LogP) is 3.59. The van der Waals surface area contributed by atoms with E-state index in [9.17, 15) is 4.79 Å². The van der Waals surface area contributed by atoms with Crippen molar-refractivity contribution in [2.24, 2.45) is 0 Å². The summed E-state index contributed by atoms with van der Waals surface area (Å²) in [6.45, 7) is 3.53. The number of carbonyl (C=O) groups is 1. The highest BCUT2D eigenvalue weighted by Gasteiger charge is 2.32. The molecule has 2 unspecified atom stereocenters. The molecule has 0 bridgehead atoms. The lowest BCUT2D eigenvalue weighted by molar-refractivity contribution is 0.0735. The summed E-state index contributed by atoms with van der Waals surface area (Å²) in [5.74, 6) is 0.843. The third-order valence-corrected chi connectivity index (χ3v) is 5.79. The Labute approximate surface area is 164 Å². The highest BCUT2D eigenvalue weighted by Crippen LogP contribution is 2.36. The SMILES string of the molecule is CC1CC(c2ccccn2)Nc2c(C(=O)N3CCc4ccccc4C3)cnn21. The molecule has 28 heavy (non-hydrogen) atoms. The molecule has 3 aromatic rings. The van der Waals surface area contributed by atoms with Gasteiger partial charge in [0.1, 0.15) is 11.4 Å². The van der Waals surface area contributed by atoms with Crippen LogP contribution in [0.25, 0.3) is 0 Å². The normalized spacial score (nSPS) is 20.8. The number of rotatable bonds is 2. The predicted molar refractivity (Wildman–Crippen MR) is 107 cm³/mol. The van der Waals surface area contributed by atoms with E-state index in [2.05, 4.69) is 40.5 Å². The smallest absolute Gasteiger partial charge is 0.259 e. The van der Waals surface area contributed by atoms with Crippen LogP contribution in [0.1, 0.15) is 52.6 Å². The summed E-state index contributed by atoms with van der Waals surface area (Å²) in [4.78, 5) is 19.7. The van der Waals surface area contributed by atoms with E-state index in [-0.39, 0.29) is 18.0 Å². The average molecular weight is 373 g/mol. The van der Waals surface area contributed by atoms with Crippen molar-refractivity contribution in [3.8, 4) is 0 Å². The van der Waals surface area contributed by atoms with Gasteiger partial charge in [-0.2, -0.15) is 5.10 Å². The monoisotopic (exact) mass is 373 g/mol. The molecule has 4 heterocycles. The van der Waals surface area contributed by atoms with Crippen molar-refractivity contribution >= 4 is 11.7 Å². The van der Waals surface area contributed by atoms with Crippen LogP contribution in [0.5, 0.6) is 0 Å². The van der Waals surface area contributed by atoms with E-state index in [0.717, 1.165) is 30.9 Å². The van der Waals surface area contributed by atoms with Crippen LogP contribution in [0.4, 0.5) is 5.82 Å². The van der Waals surface area contributed by atoms with Gasteiger partial charge in [0.15, 0.2) is 0 Å². The van der Waals surface area contributed by atoms with Crippen LogP contribution in [-0.2, 0) is 13.0 Å². The number of aromatic nitrogens is 3. The molecule has 0 saturated carbocycles. The van der Waals surface area contributed by atoms with E-state index in [4.69, 9.17) is 0 Å². The number of nitrogens with one attached hydrogen (secondary N) is 1. The molecular weight excluding hydrogens is 350 g/mol. The van der Waals surface area contributed by atoms with Gasteiger partial charge >= 0.3 is 0 Å². The summed E-state index contributed by atoms with van der Waals surface area (Å²) in [5.41, 5.74) is 4.21. The second-order valence-corrected chi connectivity index (χ2v) is 7.63. The van der Waals surface area contributed by atoms with E-state index in [1.54, 1.807) is 6.20 Å². The molecule has 0 radical (unpaired) electrons. The third-order valence-electron chi connectivity index (χ3n) is 5.79. The summed E-state index contributed by atoms with van der Waals surface area (Å²) in [5, 5.41) is 8.03. The maximum absolute atomic E-state index is 13.3. The van der Waals surface area contributed by atoms with Crippen LogP contribution in [0.15, 0.2) is 54.9 Å². The summed E-state index contributed by atoms with van der Waals surface area (Å²) < 4.78 is 1.94. The fraction of sp³-hybridized carbons (Fsp3) is 0.318. The molecule has 6 heteroatoms. The van der Waals surface area contributed by atoms with Gasteiger partial charge in [0, 0.05) is 19.3 Å². The van der Waals surface area contributed by atoms with Gasteiger partial charge in [-0.25, -0.2) is 4.68 Å². The molecule has 0 aliphatic carbocycles. The average Bonchev–Trinajstić information content (AvgIpc) is 3.18. The number of carbonyl (C=O) groups excluding carboxylic acids is 1. The number of fused-ring (bicyclic) bond motifs is 2. The largest absolute Gasteiger partial charge is 0.361 e. The fourth-order valence-corrected chi connectivity index (χ4v) is 4.28. The zero-order valence-electron chi connectivity index (χ0n) is 15.9. The topological polar surface area (TPSA) is 63.1 Å². The minimum atomic E-state index is 0.0390. The summed E-state index contributed by atoms with van der Waals surface area (Å²) in [6, 6.07) is 14.6. The first kappa shape index (κ1) is 17.0. The van der Waals surface area contributed by atoms with Crippen molar-refractivity contribution in [1.82, 2.24) is 19.7 Å². The first-order chi connectivity index (χ1) is 13.7. The summed E-state index contributed by atoms with van der Waals surface area (Å²) in [7, 11) is 0. The molecule has 2 aliphatic heterocycles. The molecule has 0 fully saturated rings. The third kappa shape index (κ3) is 2.85. The zero-order valence-corrected chi connectivity index (χ0v) is 15.9. The lowest BCUT2D eigenvalue weighted by Gasteiger charge is -2.32. The molecule has 5 rings (SSSR count). The minimum absolute atomic E-state index is 0.0390. The van der Waals surface area contributed by atoms with Crippen molar-refractivity contribution < 1.29 is 4.79 Å². The maximum atomic E-state index is 13.3.